The van der Waals surface area contributed by atoms with Crippen LogP contribution in [0.3, 0.4) is 0 Å². The third-order valence-electron chi connectivity index (χ3n) is 6.32. The van der Waals surface area contributed by atoms with Gasteiger partial charge in [-0.25, -0.2) is 18.7 Å². The van der Waals surface area contributed by atoms with E-state index in [0.29, 0.717) is 41.7 Å². The molecule has 0 spiro atoms. The molecule has 2 atom stereocenters. The summed E-state index contributed by atoms with van der Waals surface area (Å²) in [4.78, 5) is 16.0. The predicted molar refractivity (Wildman–Crippen MR) is 123 cm³/mol. The lowest BCUT2D eigenvalue weighted by atomic mass is 10.1. The monoisotopic (exact) mass is 462 g/mol. The topological polar surface area (TPSA) is 69.0 Å². The number of hydrogen-bond acceptors (Lipinski definition) is 6. The number of aromatic nitrogens is 5. The zero-order valence-electron chi connectivity index (χ0n) is 18.9. The first-order valence-corrected chi connectivity index (χ1v) is 11.5. The molecule has 6 rings (SSSR count). The second-order valence-corrected chi connectivity index (χ2v) is 9.16. The van der Waals surface area contributed by atoms with Gasteiger partial charge in [0.15, 0.2) is 0 Å². The molecule has 9 heteroatoms. The molecule has 2 aliphatic rings. The first-order valence-electron chi connectivity index (χ1n) is 11.5. The zero-order chi connectivity index (χ0) is 23.4. The fourth-order valence-electron chi connectivity index (χ4n) is 4.51. The number of morpholine rings is 1. The number of aryl methyl sites for hydroxylation is 1. The van der Waals surface area contributed by atoms with Crippen LogP contribution in [0.1, 0.15) is 43.2 Å². The molecule has 2 fully saturated rings. The molecule has 0 radical (unpaired) electrons. The van der Waals surface area contributed by atoms with Crippen molar-refractivity contribution in [3.63, 3.8) is 0 Å². The van der Waals surface area contributed by atoms with Gasteiger partial charge >= 0.3 is 0 Å². The van der Waals surface area contributed by atoms with Crippen LogP contribution in [0.25, 0.3) is 22.3 Å². The first kappa shape index (κ1) is 21.1. The molecule has 34 heavy (non-hydrogen) atoms. The van der Waals surface area contributed by atoms with E-state index in [4.69, 9.17) is 9.72 Å². The Morgan fingerprint density at radius 2 is 1.91 bits per heavy atom. The van der Waals surface area contributed by atoms with Crippen molar-refractivity contribution < 1.29 is 13.5 Å². The molecule has 1 aliphatic heterocycles. The molecule has 1 saturated heterocycles. The Morgan fingerprint density at radius 1 is 1.06 bits per heavy atom. The molecule has 0 bridgehead atoms. The van der Waals surface area contributed by atoms with Gasteiger partial charge < -0.3 is 9.64 Å². The summed E-state index contributed by atoms with van der Waals surface area (Å²) >= 11 is 0. The molecule has 4 aromatic rings. The summed E-state index contributed by atoms with van der Waals surface area (Å²) in [5, 5.41) is 4.51. The van der Waals surface area contributed by atoms with Crippen LogP contribution in [0.15, 0.2) is 42.9 Å². The lowest BCUT2D eigenvalue weighted by Crippen LogP contribution is -2.43. The van der Waals surface area contributed by atoms with Crippen LogP contribution >= 0.6 is 0 Å². The van der Waals surface area contributed by atoms with Gasteiger partial charge in [-0.05, 0) is 38.8 Å². The van der Waals surface area contributed by atoms with Gasteiger partial charge in [0.25, 0.3) is 0 Å². The van der Waals surface area contributed by atoms with Crippen molar-refractivity contribution in [2.45, 2.75) is 44.9 Å². The van der Waals surface area contributed by atoms with Crippen molar-refractivity contribution >= 4 is 16.9 Å². The summed E-state index contributed by atoms with van der Waals surface area (Å²) in [6.07, 6.45) is 7.69. The summed E-state index contributed by atoms with van der Waals surface area (Å²) in [5.74, 6) is -0.671. The smallest absolute Gasteiger partial charge is 0.135 e. The third kappa shape index (κ3) is 3.90. The fraction of sp³-hybridized carbons (Fsp3) is 0.360. The molecular weight excluding hydrogens is 438 g/mol. The number of hydrogen-bond donors (Lipinski definition) is 0. The predicted octanol–water partition coefficient (Wildman–Crippen LogP) is 4.78. The molecule has 174 valence electrons. The van der Waals surface area contributed by atoms with Gasteiger partial charge in [-0.1, -0.05) is 0 Å². The Morgan fingerprint density at radius 3 is 2.71 bits per heavy atom. The van der Waals surface area contributed by atoms with Crippen LogP contribution in [0.2, 0.25) is 0 Å². The summed E-state index contributed by atoms with van der Waals surface area (Å²) < 4.78 is 36.6. The fourth-order valence-corrected chi connectivity index (χ4v) is 4.51. The van der Waals surface area contributed by atoms with E-state index in [-0.39, 0.29) is 17.8 Å². The van der Waals surface area contributed by atoms with Crippen molar-refractivity contribution in [2.24, 2.45) is 0 Å². The average molecular weight is 463 g/mol. The van der Waals surface area contributed by atoms with Crippen molar-refractivity contribution in [2.75, 3.05) is 18.0 Å². The highest BCUT2D eigenvalue weighted by molar-refractivity contribution is 5.91. The maximum atomic E-state index is 14.8. The number of halogens is 2. The summed E-state index contributed by atoms with van der Waals surface area (Å²) in [5.41, 5.74) is 3.40. The minimum Gasteiger partial charge on any atom is -0.367 e. The maximum absolute atomic E-state index is 14.8. The average Bonchev–Trinajstić information content (AvgIpc) is 3.54. The van der Waals surface area contributed by atoms with Gasteiger partial charge in [0.2, 0.25) is 0 Å². The Hall–Kier alpha value is -3.46. The number of rotatable bonds is 4. The maximum Gasteiger partial charge on any atom is 0.135 e. The number of pyridine rings is 1. The molecule has 0 amide bonds. The Labute approximate surface area is 195 Å². The molecule has 0 unspecified atom stereocenters. The molecule has 3 aromatic heterocycles. The number of ether oxygens (including phenoxy) is 1. The van der Waals surface area contributed by atoms with Crippen molar-refractivity contribution in [1.29, 1.82) is 0 Å². The van der Waals surface area contributed by atoms with E-state index in [1.807, 2.05) is 30.8 Å². The van der Waals surface area contributed by atoms with Crippen molar-refractivity contribution in [1.82, 2.24) is 24.7 Å². The number of anilines is 1. The van der Waals surface area contributed by atoms with Gasteiger partial charge in [0, 0.05) is 42.2 Å². The van der Waals surface area contributed by atoms with Crippen LogP contribution in [0.5, 0.6) is 0 Å². The van der Waals surface area contributed by atoms with Crippen LogP contribution < -0.4 is 4.90 Å². The lowest BCUT2D eigenvalue weighted by Gasteiger charge is -2.37. The Balaban J connectivity index is 1.41. The minimum atomic E-state index is -0.686. The second kappa shape index (κ2) is 8.09. The van der Waals surface area contributed by atoms with Crippen LogP contribution in [0.4, 0.5) is 14.6 Å². The van der Waals surface area contributed by atoms with E-state index in [9.17, 15) is 8.78 Å². The van der Waals surface area contributed by atoms with Crippen molar-refractivity contribution in [3.8, 4) is 11.3 Å². The molecule has 0 N–H and O–H groups in total. The Kier molecular flexibility index (Phi) is 5.02. The van der Waals surface area contributed by atoms with Crippen LogP contribution in [-0.4, -0.2) is 43.9 Å². The van der Waals surface area contributed by atoms with Gasteiger partial charge in [0.05, 0.1) is 36.1 Å². The van der Waals surface area contributed by atoms with E-state index in [2.05, 4.69) is 26.2 Å². The molecule has 1 saturated carbocycles. The van der Waals surface area contributed by atoms with E-state index >= 15 is 0 Å². The van der Waals surface area contributed by atoms with Crippen molar-refractivity contribution in [3.05, 3.63) is 65.7 Å². The van der Waals surface area contributed by atoms with Gasteiger partial charge in [-0.2, -0.15) is 5.10 Å². The highest BCUT2D eigenvalue weighted by atomic mass is 19.1. The van der Waals surface area contributed by atoms with E-state index in [1.165, 1.54) is 25.0 Å². The molecule has 1 aliphatic carbocycles. The number of fused-ring (bicyclic) bond motifs is 1. The highest BCUT2D eigenvalue weighted by Crippen LogP contribution is 2.36. The van der Waals surface area contributed by atoms with Gasteiger partial charge in [-0.3, -0.25) is 9.67 Å². The molecule has 4 heterocycles. The molecular formula is C25H24F2N6O. The summed E-state index contributed by atoms with van der Waals surface area (Å²) in [6.45, 7) is 5.07. The normalized spacial score (nSPS) is 20.8. The third-order valence-corrected chi connectivity index (χ3v) is 6.32. The molecule has 1 aromatic carbocycles. The molecule has 7 nitrogen and oxygen atoms in total. The van der Waals surface area contributed by atoms with E-state index < -0.39 is 11.6 Å². The van der Waals surface area contributed by atoms with E-state index in [1.54, 1.807) is 6.20 Å². The lowest BCUT2D eigenvalue weighted by molar-refractivity contribution is -0.0176. The van der Waals surface area contributed by atoms with Crippen LogP contribution in [0, 0.1) is 18.6 Å². The van der Waals surface area contributed by atoms with Gasteiger partial charge in [0.1, 0.15) is 34.8 Å². The van der Waals surface area contributed by atoms with Gasteiger partial charge in [-0.15, -0.1) is 0 Å². The quantitative estimate of drug-likeness (QED) is 0.435. The minimum absolute atomic E-state index is 0.0462. The summed E-state index contributed by atoms with van der Waals surface area (Å²) in [7, 11) is 0. The Bertz CT molecular complexity index is 1390. The first-order chi connectivity index (χ1) is 16.4. The SMILES string of the molecule is Cc1cnc2c(-c3ccc(F)cc3F)nc(N3C[C@@H](C)O[C@@H](c4cnn(C5CC5)c4)C3)cc2n1. The standard InChI is InChI=1S/C25H24F2N6O/c1-14-9-28-25-21(30-14)8-23(31-24(25)19-6-3-17(26)7-20(19)27)32-11-15(2)34-22(13-32)16-10-29-33(12-16)18-4-5-18/h3,6-10,12,15,18,22H,4-5,11,13H2,1-2H3/t15-,22-/m1/s1. The number of benzene rings is 1. The van der Waals surface area contributed by atoms with E-state index in [0.717, 1.165) is 17.3 Å². The second-order valence-electron chi connectivity index (χ2n) is 9.16. The highest BCUT2D eigenvalue weighted by Gasteiger charge is 2.31. The van der Waals surface area contributed by atoms with Crippen LogP contribution in [-0.2, 0) is 4.74 Å². The summed E-state index contributed by atoms with van der Waals surface area (Å²) in [6, 6.07) is 5.87. The number of nitrogens with zero attached hydrogens (tertiary/aromatic N) is 6. The largest absolute Gasteiger partial charge is 0.367 e. The zero-order valence-corrected chi connectivity index (χ0v) is 18.9.